The first kappa shape index (κ1) is 30.6. The molecule has 2 aliphatic rings. The molecular formula is C27H32O14. The first-order valence-electron chi connectivity index (χ1n) is 12.6. The number of carbonyl (C=O) groups is 1. The van der Waals surface area contributed by atoms with E-state index in [0.29, 0.717) is 5.56 Å². The third kappa shape index (κ3) is 6.62. The van der Waals surface area contributed by atoms with E-state index < -0.39 is 96.6 Å². The molecule has 0 bridgehead atoms. The van der Waals surface area contributed by atoms with Gasteiger partial charge in [0.05, 0.1) is 12.7 Å². The quantitative estimate of drug-likeness (QED) is 0.131. The van der Waals surface area contributed by atoms with Gasteiger partial charge >= 0.3 is 0 Å². The molecule has 2 saturated heterocycles. The fourth-order valence-corrected chi connectivity index (χ4v) is 4.49. The van der Waals surface area contributed by atoms with Gasteiger partial charge in [0, 0.05) is 12.1 Å². The molecule has 2 heterocycles. The van der Waals surface area contributed by atoms with Crippen LogP contribution >= 0.6 is 0 Å². The topological polar surface area (TPSA) is 236 Å². The van der Waals surface area contributed by atoms with E-state index in [4.69, 9.17) is 18.9 Å². The summed E-state index contributed by atoms with van der Waals surface area (Å²) in [5.74, 6) is -2.33. The zero-order valence-electron chi connectivity index (χ0n) is 21.7. The van der Waals surface area contributed by atoms with Gasteiger partial charge in [-0.25, -0.2) is 0 Å². The Balaban J connectivity index is 1.53. The van der Waals surface area contributed by atoms with Gasteiger partial charge in [-0.3, -0.25) is 4.79 Å². The molecule has 2 fully saturated rings. The van der Waals surface area contributed by atoms with Gasteiger partial charge in [-0.2, -0.15) is 0 Å². The summed E-state index contributed by atoms with van der Waals surface area (Å²) in [7, 11) is 0. The zero-order valence-corrected chi connectivity index (χ0v) is 21.7. The Morgan fingerprint density at radius 2 is 1.51 bits per heavy atom. The van der Waals surface area contributed by atoms with Crippen molar-refractivity contribution in [2.75, 3.05) is 6.61 Å². The minimum Gasteiger partial charge on any atom is -0.508 e. The van der Waals surface area contributed by atoms with Crippen molar-refractivity contribution in [1.82, 2.24) is 0 Å². The SMILES string of the molecule is CC1OC(OC2C(CO)OC(Oc3cc(O)cc(O)c3C(=O)C=Cc3ccc(O)cc3)C(O)C2O)C(O)C(O)C1O. The molecule has 14 heteroatoms. The molecular weight excluding hydrogens is 548 g/mol. The lowest BCUT2D eigenvalue weighted by Gasteiger charge is -2.45. The van der Waals surface area contributed by atoms with Gasteiger partial charge in [0.1, 0.15) is 71.3 Å². The molecule has 41 heavy (non-hydrogen) atoms. The van der Waals surface area contributed by atoms with Crippen molar-refractivity contribution in [2.24, 2.45) is 0 Å². The average molecular weight is 581 g/mol. The molecule has 4 rings (SSSR count). The minimum absolute atomic E-state index is 0.0239. The maximum Gasteiger partial charge on any atom is 0.229 e. The smallest absolute Gasteiger partial charge is 0.229 e. The molecule has 2 aromatic carbocycles. The molecule has 14 nitrogen and oxygen atoms in total. The van der Waals surface area contributed by atoms with E-state index in [1.165, 1.54) is 37.3 Å². The van der Waals surface area contributed by atoms with Crippen LogP contribution in [-0.4, -0.2) is 120 Å². The van der Waals surface area contributed by atoms with Gasteiger partial charge in [-0.15, -0.1) is 0 Å². The predicted octanol–water partition coefficient (Wildman–Crippen LogP) is -1.27. The first-order valence-corrected chi connectivity index (χ1v) is 12.6. The average Bonchev–Trinajstić information content (AvgIpc) is 2.93. The monoisotopic (exact) mass is 580 g/mol. The third-order valence-corrected chi connectivity index (χ3v) is 6.80. The highest BCUT2D eigenvalue weighted by Crippen LogP contribution is 2.36. The van der Waals surface area contributed by atoms with E-state index >= 15 is 0 Å². The molecule has 0 aliphatic carbocycles. The lowest BCUT2D eigenvalue weighted by molar-refractivity contribution is -0.349. The van der Waals surface area contributed by atoms with Gasteiger partial charge in [0.15, 0.2) is 12.1 Å². The molecule has 10 unspecified atom stereocenters. The maximum absolute atomic E-state index is 13.0. The highest BCUT2D eigenvalue weighted by molar-refractivity contribution is 6.10. The van der Waals surface area contributed by atoms with Gasteiger partial charge in [0.25, 0.3) is 0 Å². The van der Waals surface area contributed by atoms with Crippen LogP contribution in [-0.2, 0) is 14.2 Å². The number of aliphatic hydroxyl groups is 6. The second-order valence-corrected chi connectivity index (χ2v) is 9.73. The number of phenolic OH excluding ortho intramolecular Hbond substituents is 3. The normalized spacial score (nSPS) is 34.0. The van der Waals surface area contributed by atoms with Crippen molar-refractivity contribution in [3.8, 4) is 23.0 Å². The summed E-state index contributed by atoms with van der Waals surface area (Å²) in [5, 5.41) is 91.5. The molecule has 0 spiro atoms. The van der Waals surface area contributed by atoms with Gasteiger partial charge in [0.2, 0.25) is 6.29 Å². The van der Waals surface area contributed by atoms with Gasteiger partial charge in [-0.1, -0.05) is 18.2 Å². The fourth-order valence-electron chi connectivity index (χ4n) is 4.49. The Kier molecular flexibility index (Phi) is 9.48. The summed E-state index contributed by atoms with van der Waals surface area (Å²) in [6, 6.07) is 7.76. The van der Waals surface area contributed by atoms with Crippen LogP contribution in [0.3, 0.4) is 0 Å². The number of carbonyl (C=O) groups excluding carboxylic acids is 1. The van der Waals surface area contributed by atoms with Crippen LogP contribution in [0.25, 0.3) is 6.08 Å². The van der Waals surface area contributed by atoms with E-state index in [1.54, 1.807) is 0 Å². The van der Waals surface area contributed by atoms with E-state index in [1.807, 2.05) is 0 Å². The summed E-state index contributed by atoms with van der Waals surface area (Å²) < 4.78 is 22.1. The van der Waals surface area contributed by atoms with Crippen molar-refractivity contribution < 1.29 is 69.7 Å². The van der Waals surface area contributed by atoms with Crippen molar-refractivity contribution in [1.29, 1.82) is 0 Å². The number of benzene rings is 2. The van der Waals surface area contributed by atoms with Crippen LogP contribution < -0.4 is 4.74 Å². The second-order valence-electron chi connectivity index (χ2n) is 9.73. The number of allylic oxidation sites excluding steroid dienone is 1. The van der Waals surface area contributed by atoms with E-state index in [9.17, 15) is 50.8 Å². The highest BCUT2D eigenvalue weighted by atomic mass is 16.7. The molecule has 0 aromatic heterocycles. The number of hydrogen-bond donors (Lipinski definition) is 9. The Bertz CT molecular complexity index is 1230. The van der Waals surface area contributed by atoms with Crippen LogP contribution in [0.2, 0.25) is 0 Å². The Hall–Kier alpha value is -3.31. The molecule has 10 atom stereocenters. The minimum atomic E-state index is -1.89. The van der Waals surface area contributed by atoms with Crippen LogP contribution in [0, 0.1) is 0 Å². The number of ketones is 1. The summed E-state index contributed by atoms with van der Waals surface area (Å²) in [4.78, 5) is 13.0. The summed E-state index contributed by atoms with van der Waals surface area (Å²) >= 11 is 0. The highest BCUT2D eigenvalue weighted by Gasteiger charge is 2.50. The standard InChI is InChI=1S/C27H32O14/c1-11-20(33)21(34)23(36)26(38-11)41-25-18(10-28)40-27(24(37)22(25)35)39-17-9-14(30)8-16(32)19(17)15(31)7-4-12-2-5-13(29)6-3-12/h2-9,11,18,20-30,32-37H,10H2,1H3. The number of aliphatic hydroxyl groups excluding tert-OH is 6. The Morgan fingerprint density at radius 1 is 0.854 bits per heavy atom. The van der Waals surface area contributed by atoms with E-state index in [-0.39, 0.29) is 5.75 Å². The molecule has 2 aromatic rings. The molecule has 0 amide bonds. The van der Waals surface area contributed by atoms with Crippen LogP contribution in [0.4, 0.5) is 0 Å². The van der Waals surface area contributed by atoms with Crippen molar-refractivity contribution in [3.63, 3.8) is 0 Å². The molecule has 0 saturated carbocycles. The number of rotatable bonds is 8. The lowest BCUT2D eigenvalue weighted by atomic mass is 9.97. The Morgan fingerprint density at radius 3 is 2.17 bits per heavy atom. The first-order chi connectivity index (χ1) is 19.4. The van der Waals surface area contributed by atoms with Crippen molar-refractivity contribution >= 4 is 11.9 Å². The zero-order chi connectivity index (χ0) is 30.0. The molecule has 0 radical (unpaired) electrons. The van der Waals surface area contributed by atoms with E-state index in [2.05, 4.69) is 0 Å². The third-order valence-electron chi connectivity index (χ3n) is 6.80. The summed E-state index contributed by atoms with van der Waals surface area (Å²) in [6.07, 6.45) is -13.2. The maximum atomic E-state index is 13.0. The molecule has 9 N–H and O–H groups in total. The predicted molar refractivity (Wildman–Crippen MR) is 137 cm³/mol. The number of phenols is 3. The second kappa shape index (κ2) is 12.7. The van der Waals surface area contributed by atoms with Crippen LogP contribution in [0.5, 0.6) is 23.0 Å². The van der Waals surface area contributed by atoms with Crippen molar-refractivity contribution in [3.05, 3.63) is 53.6 Å². The van der Waals surface area contributed by atoms with E-state index in [0.717, 1.165) is 18.2 Å². The summed E-state index contributed by atoms with van der Waals surface area (Å²) in [6.45, 7) is 0.625. The number of aromatic hydroxyl groups is 3. The van der Waals surface area contributed by atoms with Crippen LogP contribution in [0.1, 0.15) is 22.8 Å². The molecule has 2 aliphatic heterocycles. The number of ether oxygens (including phenoxy) is 4. The van der Waals surface area contributed by atoms with Gasteiger partial charge < -0.3 is 64.9 Å². The van der Waals surface area contributed by atoms with Crippen LogP contribution in [0.15, 0.2) is 42.5 Å². The fraction of sp³-hybridized carbons (Fsp3) is 0.444. The largest absolute Gasteiger partial charge is 0.508 e. The van der Waals surface area contributed by atoms with Crippen molar-refractivity contribution in [2.45, 2.75) is 68.3 Å². The number of hydrogen-bond acceptors (Lipinski definition) is 14. The summed E-state index contributed by atoms with van der Waals surface area (Å²) in [5.41, 5.74) is 0.133. The lowest BCUT2D eigenvalue weighted by Crippen LogP contribution is -2.64. The molecule has 224 valence electrons. The Labute approximate surface area is 233 Å². The van der Waals surface area contributed by atoms with Gasteiger partial charge in [-0.05, 0) is 30.7 Å².